The normalized spacial score (nSPS) is 22.9. The van der Waals surface area contributed by atoms with Crippen molar-refractivity contribution in [2.45, 2.75) is 0 Å². The quantitative estimate of drug-likeness (QED) is 0.609. The van der Waals surface area contributed by atoms with E-state index in [1.807, 2.05) is 54.2 Å². The predicted molar refractivity (Wildman–Crippen MR) is 95.4 cm³/mol. The van der Waals surface area contributed by atoms with E-state index in [0.29, 0.717) is 9.23 Å². The van der Waals surface area contributed by atoms with Crippen molar-refractivity contribution >= 4 is 51.7 Å². The molecule has 0 atom stereocenters. The van der Waals surface area contributed by atoms with Crippen molar-refractivity contribution in [2.24, 2.45) is 0 Å². The van der Waals surface area contributed by atoms with Gasteiger partial charge in [-0.2, -0.15) is 0 Å². The number of nitrogens with zero attached hydrogens (tertiary/aromatic N) is 2. The fourth-order valence-corrected chi connectivity index (χ4v) is 4.40. The molecular formula is C15H14N2OS3. The molecule has 0 spiro atoms. The summed E-state index contributed by atoms with van der Waals surface area (Å²) in [5.74, 6) is 1.06. The van der Waals surface area contributed by atoms with Gasteiger partial charge in [0.1, 0.15) is 0 Å². The first-order valence-corrected chi connectivity index (χ1v) is 8.75. The standard InChI is InChI=1S/C15H14N2OS3/c1-16-9-10-20-13(16)8-7-12-14(18)17(15(19)21-12)11-5-3-2-4-6-11/h2-8H,9-10H2,1H3/b12-7+,13-8-. The average molecular weight is 334 g/mol. The summed E-state index contributed by atoms with van der Waals surface area (Å²) >= 11 is 8.51. The fourth-order valence-electron chi connectivity index (χ4n) is 2.11. The second-order valence-electron chi connectivity index (χ2n) is 4.65. The highest BCUT2D eigenvalue weighted by Crippen LogP contribution is 2.35. The molecule has 3 rings (SSSR count). The minimum absolute atomic E-state index is 0.0429. The lowest BCUT2D eigenvalue weighted by Crippen LogP contribution is -2.27. The topological polar surface area (TPSA) is 23.6 Å². The Labute approximate surface area is 138 Å². The number of carbonyl (C=O) groups is 1. The molecule has 2 fully saturated rings. The number of allylic oxidation sites excluding steroid dienone is 2. The average Bonchev–Trinajstić information content (AvgIpc) is 3.01. The van der Waals surface area contributed by atoms with Gasteiger partial charge in [-0.3, -0.25) is 9.69 Å². The molecule has 1 aromatic carbocycles. The van der Waals surface area contributed by atoms with Crippen LogP contribution in [-0.4, -0.2) is 34.5 Å². The van der Waals surface area contributed by atoms with Crippen molar-refractivity contribution in [3.05, 3.63) is 52.4 Å². The van der Waals surface area contributed by atoms with Gasteiger partial charge < -0.3 is 4.90 Å². The second-order valence-corrected chi connectivity index (χ2v) is 7.44. The summed E-state index contributed by atoms with van der Waals surface area (Å²) in [5.41, 5.74) is 0.823. The Morgan fingerprint density at radius 1 is 1.24 bits per heavy atom. The van der Waals surface area contributed by atoms with Crippen molar-refractivity contribution in [3.8, 4) is 0 Å². The highest BCUT2D eigenvalue weighted by molar-refractivity contribution is 8.27. The van der Waals surface area contributed by atoms with Gasteiger partial charge in [0.15, 0.2) is 4.32 Å². The van der Waals surface area contributed by atoms with Crippen LogP contribution in [0.25, 0.3) is 0 Å². The van der Waals surface area contributed by atoms with Crippen molar-refractivity contribution < 1.29 is 4.79 Å². The minimum atomic E-state index is -0.0429. The second kappa shape index (κ2) is 6.25. The molecular weight excluding hydrogens is 320 g/mol. The maximum Gasteiger partial charge on any atom is 0.270 e. The maximum atomic E-state index is 12.5. The molecule has 0 N–H and O–H groups in total. The Morgan fingerprint density at radius 2 is 2.00 bits per heavy atom. The van der Waals surface area contributed by atoms with E-state index < -0.39 is 0 Å². The van der Waals surface area contributed by atoms with E-state index in [-0.39, 0.29) is 5.91 Å². The molecule has 0 unspecified atom stereocenters. The van der Waals surface area contributed by atoms with Gasteiger partial charge >= 0.3 is 0 Å². The number of rotatable bonds is 2. The van der Waals surface area contributed by atoms with Crippen LogP contribution in [0, 0.1) is 0 Å². The van der Waals surface area contributed by atoms with Crippen LogP contribution in [-0.2, 0) is 4.79 Å². The number of thioether (sulfide) groups is 2. The number of para-hydroxylation sites is 1. The van der Waals surface area contributed by atoms with Gasteiger partial charge in [-0.1, -0.05) is 42.2 Å². The zero-order valence-corrected chi connectivity index (χ0v) is 13.9. The lowest BCUT2D eigenvalue weighted by atomic mass is 10.3. The van der Waals surface area contributed by atoms with Gasteiger partial charge in [0.05, 0.1) is 15.6 Å². The maximum absolute atomic E-state index is 12.5. The van der Waals surface area contributed by atoms with Gasteiger partial charge in [-0.15, -0.1) is 11.8 Å². The van der Waals surface area contributed by atoms with Crippen LogP contribution in [0.2, 0.25) is 0 Å². The molecule has 0 bridgehead atoms. The summed E-state index contributed by atoms with van der Waals surface area (Å²) in [6, 6.07) is 9.53. The molecule has 6 heteroatoms. The van der Waals surface area contributed by atoms with E-state index in [2.05, 4.69) is 11.9 Å². The Balaban J connectivity index is 1.84. The molecule has 21 heavy (non-hydrogen) atoms. The van der Waals surface area contributed by atoms with Crippen molar-refractivity contribution in [1.82, 2.24) is 4.90 Å². The minimum Gasteiger partial charge on any atom is -0.369 e. The van der Waals surface area contributed by atoms with Crippen LogP contribution >= 0.6 is 35.7 Å². The van der Waals surface area contributed by atoms with E-state index in [1.54, 1.807) is 4.90 Å². The zero-order chi connectivity index (χ0) is 14.8. The third-order valence-electron chi connectivity index (χ3n) is 3.24. The molecule has 2 aliphatic heterocycles. The Bertz CT molecular complexity index is 640. The SMILES string of the molecule is CN1CCS/C1=C\C=C1\SC(=S)N(c2ccccc2)C1=O. The fraction of sp³-hybridized carbons (Fsp3) is 0.200. The Hall–Kier alpha value is -1.24. The molecule has 1 aromatic rings. The van der Waals surface area contributed by atoms with Gasteiger partial charge in [-0.05, 0) is 24.3 Å². The third-order valence-corrected chi connectivity index (χ3v) is 5.69. The van der Waals surface area contributed by atoms with E-state index in [0.717, 1.165) is 18.0 Å². The molecule has 3 nitrogen and oxygen atoms in total. The number of thiocarbonyl (C=S) groups is 1. The summed E-state index contributed by atoms with van der Waals surface area (Å²) < 4.78 is 0.586. The first kappa shape index (κ1) is 14.7. The predicted octanol–water partition coefficient (Wildman–Crippen LogP) is 3.46. The van der Waals surface area contributed by atoms with E-state index in [1.165, 1.54) is 16.8 Å². The Morgan fingerprint density at radius 3 is 2.67 bits per heavy atom. The van der Waals surface area contributed by atoms with Crippen LogP contribution in [0.1, 0.15) is 0 Å². The smallest absolute Gasteiger partial charge is 0.270 e. The first-order valence-electron chi connectivity index (χ1n) is 6.54. The highest BCUT2D eigenvalue weighted by atomic mass is 32.2. The molecule has 0 saturated carbocycles. The number of benzene rings is 1. The summed E-state index contributed by atoms with van der Waals surface area (Å²) in [7, 11) is 2.06. The van der Waals surface area contributed by atoms with Crippen molar-refractivity contribution in [1.29, 1.82) is 0 Å². The molecule has 108 valence electrons. The summed E-state index contributed by atoms with van der Waals surface area (Å²) in [4.78, 5) is 17.0. The molecule has 2 saturated heterocycles. The van der Waals surface area contributed by atoms with Gasteiger partial charge in [0.25, 0.3) is 5.91 Å². The molecule has 0 radical (unpaired) electrons. The van der Waals surface area contributed by atoms with Crippen LogP contribution in [0.5, 0.6) is 0 Å². The highest BCUT2D eigenvalue weighted by Gasteiger charge is 2.32. The van der Waals surface area contributed by atoms with Crippen LogP contribution < -0.4 is 4.90 Å². The Kier molecular flexibility index (Phi) is 4.37. The first-order chi connectivity index (χ1) is 10.2. The molecule has 2 heterocycles. The van der Waals surface area contributed by atoms with Crippen LogP contribution in [0.3, 0.4) is 0 Å². The number of carbonyl (C=O) groups excluding carboxylic acids is 1. The molecule has 0 aromatic heterocycles. The lowest BCUT2D eigenvalue weighted by molar-refractivity contribution is -0.113. The van der Waals surface area contributed by atoms with Crippen LogP contribution in [0.15, 0.2) is 52.4 Å². The van der Waals surface area contributed by atoms with E-state index >= 15 is 0 Å². The van der Waals surface area contributed by atoms with Crippen LogP contribution in [0.4, 0.5) is 5.69 Å². The number of anilines is 1. The van der Waals surface area contributed by atoms with E-state index in [4.69, 9.17) is 12.2 Å². The van der Waals surface area contributed by atoms with Gasteiger partial charge in [-0.25, -0.2) is 0 Å². The van der Waals surface area contributed by atoms with Crippen molar-refractivity contribution in [2.75, 3.05) is 24.2 Å². The largest absolute Gasteiger partial charge is 0.369 e. The molecule has 0 aliphatic carbocycles. The number of amides is 1. The van der Waals surface area contributed by atoms with Crippen molar-refractivity contribution in [3.63, 3.8) is 0 Å². The number of hydrogen-bond donors (Lipinski definition) is 0. The lowest BCUT2D eigenvalue weighted by Gasteiger charge is -2.13. The monoisotopic (exact) mass is 334 g/mol. The van der Waals surface area contributed by atoms with Gasteiger partial charge in [0, 0.05) is 19.3 Å². The number of hydrogen-bond acceptors (Lipinski definition) is 5. The molecule has 2 aliphatic rings. The summed E-state index contributed by atoms with van der Waals surface area (Å²) in [6.45, 7) is 1.05. The van der Waals surface area contributed by atoms with Gasteiger partial charge in [0.2, 0.25) is 0 Å². The zero-order valence-electron chi connectivity index (χ0n) is 11.5. The summed E-state index contributed by atoms with van der Waals surface area (Å²) in [5, 5.41) is 1.19. The molecule has 1 amide bonds. The summed E-state index contributed by atoms with van der Waals surface area (Å²) in [6.07, 6.45) is 3.89. The third kappa shape index (κ3) is 3.02. The van der Waals surface area contributed by atoms with E-state index in [9.17, 15) is 4.79 Å².